The van der Waals surface area contributed by atoms with Crippen LogP contribution in [0.15, 0.2) is 0 Å². The van der Waals surface area contributed by atoms with Gasteiger partial charge >= 0.3 is 0 Å². The Morgan fingerprint density at radius 1 is 1.18 bits per heavy atom. The molecule has 1 unspecified atom stereocenters. The van der Waals surface area contributed by atoms with E-state index < -0.39 is 6.08 Å². The molecule has 0 amide bonds. The molecule has 1 nitrogen and oxygen atoms in total. The van der Waals surface area contributed by atoms with Crippen LogP contribution in [-0.2, 0) is 0 Å². The van der Waals surface area contributed by atoms with Gasteiger partial charge in [0.1, 0.15) is 0 Å². The summed E-state index contributed by atoms with van der Waals surface area (Å²) in [4.78, 5) is 0. The molecule has 0 rings (SSSR count). The molecule has 0 bridgehead atoms. The van der Waals surface area contributed by atoms with Gasteiger partial charge in [-0.15, -0.1) is 0 Å². The Morgan fingerprint density at radius 2 is 1.73 bits per heavy atom. The molecule has 0 spiro atoms. The Bertz CT molecular complexity index is 96.5. The Kier molecular flexibility index (Phi) is 6.63. The van der Waals surface area contributed by atoms with Crippen LogP contribution in [0.25, 0.3) is 0 Å². The minimum absolute atomic E-state index is 0.610. The number of hydrogen-bond donors (Lipinski definition) is 1. The highest BCUT2D eigenvalue weighted by Crippen LogP contribution is 2.07. The fourth-order valence-electron chi connectivity index (χ4n) is 1.16. The summed E-state index contributed by atoms with van der Waals surface area (Å²) in [5, 5.41) is 9.09. The van der Waals surface area contributed by atoms with Crippen LogP contribution < -0.4 is 0 Å². The SMILES string of the molecule is [2H]C(C)(O)CCCCCCCC. The predicted molar refractivity (Wildman–Crippen MR) is 49.7 cm³/mol. The minimum atomic E-state index is -1.20. The zero-order valence-electron chi connectivity index (χ0n) is 8.90. The first-order chi connectivity index (χ1) is 5.56. The molecule has 0 radical (unpaired) electrons. The van der Waals surface area contributed by atoms with Crippen molar-refractivity contribution in [3.05, 3.63) is 0 Å². The van der Waals surface area contributed by atoms with Crippen molar-refractivity contribution >= 4 is 0 Å². The summed E-state index contributed by atoms with van der Waals surface area (Å²) in [7, 11) is 0. The van der Waals surface area contributed by atoms with E-state index in [2.05, 4.69) is 6.92 Å². The van der Waals surface area contributed by atoms with Gasteiger partial charge in [0, 0.05) is 0 Å². The molecule has 0 saturated carbocycles. The molecular formula is C10H22O. The van der Waals surface area contributed by atoms with E-state index >= 15 is 0 Å². The molecule has 0 aromatic carbocycles. The second-order valence-corrected chi connectivity index (χ2v) is 3.25. The van der Waals surface area contributed by atoms with Gasteiger partial charge in [0.15, 0.2) is 0 Å². The van der Waals surface area contributed by atoms with Crippen LogP contribution in [0.1, 0.15) is 60.2 Å². The summed E-state index contributed by atoms with van der Waals surface area (Å²) < 4.78 is 7.20. The van der Waals surface area contributed by atoms with E-state index in [-0.39, 0.29) is 0 Å². The van der Waals surface area contributed by atoms with E-state index in [9.17, 15) is 0 Å². The Labute approximate surface area is 72.2 Å². The van der Waals surface area contributed by atoms with Crippen molar-refractivity contribution in [1.82, 2.24) is 0 Å². The van der Waals surface area contributed by atoms with Gasteiger partial charge in [-0.1, -0.05) is 45.4 Å². The van der Waals surface area contributed by atoms with E-state index in [1.165, 1.54) is 25.7 Å². The molecule has 1 N–H and O–H groups in total. The first kappa shape index (κ1) is 9.05. The van der Waals surface area contributed by atoms with Gasteiger partial charge in [-0.05, 0) is 13.3 Å². The van der Waals surface area contributed by atoms with Gasteiger partial charge in [0.25, 0.3) is 0 Å². The van der Waals surface area contributed by atoms with Crippen LogP contribution in [0.3, 0.4) is 0 Å². The third-order valence-electron chi connectivity index (χ3n) is 1.89. The standard InChI is InChI=1S/C10H22O/c1-3-4-5-6-7-8-9-10(2)11/h10-11H,3-9H2,1-2H3/i10D. The molecule has 1 atom stereocenters. The maximum Gasteiger partial charge on any atom is 0.0597 e. The number of aliphatic hydroxyl groups is 1. The van der Waals surface area contributed by atoms with Crippen molar-refractivity contribution in [2.24, 2.45) is 0 Å². The predicted octanol–water partition coefficient (Wildman–Crippen LogP) is 3.12. The normalized spacial score (nSPS) is 17.5. The highest BCUT2D eigenvalue weighted by atomic mass is 16.3. The summed E-state index contributed by atoms with van der Waals surface area (Å²) in [6.07, 6.45) is 6.70. The van der Waals surface area contributed by atoms with E-state index in [1.807, 2.05) is 0 Å². The van der Waals surface area contributed by atoms with Gasteiger partial charge < -0.3 is 5.11 Å². The molecule has 0 aliphatic heterocycles. The third-order valence-corrected chi connectivity index (χ3v) is 1.89. The maximum atomic E-state index is 9.09. The Balaban J connectivity index is 3.01. The minimum Gasteiger partial charge on any atom is -0.393 e. The fourth-order valence-corrected chi connectivity index (χ4v) is 1.16. The summed E-state index contributed by atoms with van der Waals surface area (Å²) in [5.41, 5.74) is 0. The third kappa shape index (κ3) is 9.96. The topological polar surface area (TPSA) is 20.2 Å². The lowest BCUT2D eigenvalue weighted by Crippen LogP contribution is -1.98. The van der Waals surface area contributed by atoms with E-state index in [4.69, 9.17) is 6.48 Å². The van der Waals surface area contributed by atoms with Gasteiger partial charge in [-0.2, -0.15) is 0 Å². The average molecular weight is 159 g/mol. The second kappa shape index (κ2) is 8.06. The fraction of sp³-hybridized carbons (Fsp3) is 1.00. The number of rotatable bonds is 7. The van der Waals surface area contributed by atoms with E-state index in [0.717, 1.165) is 12.8 Å². The van der Waals surface area contributed by atoms with Crippen LogP contribution in [-0.4, -0.2) is 11.2 Å². The van der Waals surface area contributed by atoms with Crippen LogP contribution in [0.4, 0.5) is 0 Å². The molecule has 0 aromatic rings. The molecular weight excluding hydrogens is 136 g/mol. The Hall–Kier alpha value is -0.0400. The summed E-state index contributed by atoms with van der Waals surface area (Å²) >= 11 is 0. The molecule has 0 aliphatic rings. The summed E-state index contributed by atoms with van der Waals surface area (Å²) in [6, 6.07) is 0. The van der Waals surface area contributed by atoms with Gasteiger partial charge in [0.05, 0.1) is 7.45 Å². The largest absolute Gasteiger partial charge is 0.393 e. The van der Waals surface area contributed by atoms with Crippen molar-refractivity contribution in [3.8, 4) is 0 Å². The first-order valence-corrected chi connectivity index (χ1v) is 4.78. The number of unbranched alkanes of at least 4 members (excludes halogenated alkanes) is 5. The second-order valence-electron chi connectivity index (χ2n) is 3.25. The maximum absolute atomic E-state index is 9.09. The summed E-state index contributed by atoms with van der Waals surface area (Å²) in [5.74, 6) is 0. The smallest absolute Gasteiger partial charge is 0.0597 e. The highest BCUT2D eigenvalue weighted by Gasteiger charge is 1.94. The van der Waals surface area contributed by atoms with Crippen molar-refractivity contribution in [2.75, 3.05) is 0 Å². The molecule has 0 aromatic heterocycles. The van der Waals surface area contributed by atoms with Gasteiger partial charge in [-0.3, -0.25) is 0 Å². The van der Waals surface area contributed by atoms with Crippen molar-refractivity contribution in [2.45, 2.75) is 64.9 Å². The first-order valence-electron chi connectivity index (χ1n) is 5.28. The van der Waals surface area contributed by atoms with Crippen molar-refractivity contribution in [3.63, 3.8) is 0 Å². The van der Waals surface area contributed by atoms with Crippen molar-refractivity contribution in [1.29, 1.82) is 0 Å². The molecule has 0 heterocycles. The van der Waals surface area contributed by atoms with E-state index in [0.29, 0.717) is 6.42 Å². The molecule has 11 heavy (non-hydrogen) atoms. The van der Waals surface area contributed by atoms with Gasteiger partial charge in [-0.25, -0.2) is 0 Å². The summed E-state index contributed by atoms with van der Waals surface area (Å²) in [6.45, 7) is 3.76. The molecule has 1 heteroatoms. The van der Waals surface area contributed by atoms with Crippen molar-refractivity contribution < 1.29 is 6.48 Å². The zero-order chi connectivity index (χ0) is 9.45. The monoisotopic (exact) mass is 159 g/mol. The lowest BCUT2D eigenvalue weighted by atomic mass is 10.1. The van der Waals surface area contributed by atoms with Crippen LogP contribution >= 0.6 is 0 Å². The van der Waals surface area contributed by atoms with Crippen LogP contribution in [0, 0.1) is 0 Å². The zero-order valence-corrected chi connectivity index (χ0v) is 7.90. The molecule has 0 fully saturated rings. The quantitative estimate of drug-likeness (QED) is 0.566. The average Bonchev–Trinajstić information content (AvgIpc) is 1.94. The van der Waals surface area contributed by atoms with Crippen LogP contribution in [0.5, 0.6) is 0 Å². The van der Waals surface area contributed by atoms with E-state index in [1.54, 1.807) is 6.92 Å². The lowest BCUT2D eigenvalue weighted by Gasteiger charge is -2.02. The highest BCUT2D eigenvalue weighted by molar-refractivity contribution is 4.48. The van der Waals surface area contributed by atoms with Gasteiger partial charge in [0.2, 0.25) is 0 Å². The molecule has 68 valence electrons. The lowest BCUT2D eigenvalue weighted by molar-refractivity contribution is 0.180. The molecule has 0 aliphatic carbocycles. The molecule has 0 saturated heterocycles. The number of hydrogen-bond acceptors (Lipinski definition) is 1. The Morgan fingerprint density at radius 3 is 2.27 bits per heavy atom. The van der Waals surface area contributed by atoms with Crippen LogP contribution in [0.2, 0.25) is 0 Å².